The van der Waals surface area contributed by atoms with Crippen LogP contribution in [0.3, 0.4) is 0 Å². The van der Waals surface area contributed by atoms with E-state index in [2.05, 4.69) is 15.2 Å². The van der Waals surface area contributed by atoms with Crippen LogP contribution in [0.15, 0.2) is 73.1 Å². The Morgan fingerprint density at radius 1 is 1.05 bits per heavy atom. The zero-order valence-corrected chi connectivity index (χ0v) is 20.0. The maximum atomic E-state index is 14.7. The summed E-state index contributed by atoms with van der Waals surface area (Å²) in [6.07, 6.45) is -3.75. The lowest BCUT2D eigenvalue weighted by Gasteiger charge is -2.38. The molecule has 1 aliphatic heterocycles. The van der Waals surface area contributed by atoms with Gasteiger partial charge in [-0.2, -0.15) is 18.3 Å². The highest BCUT2D eigenvalue weighted by atomic mass is 19.4. The third-order valence-corrected chi connectivity index (χ3v) is 5.90. The highest BCUT2D eigenvalue weighted by molar-refractivity contribution is 6.00. The van der Waals surface area contributed by atoms with E-state index in [0.29, 0.717) is 16.6 Å². The summed E-state index contributed by atoms with van der Waals surface area (Å²) in [5.74, 6) is -6.04. The molecule has 39 heavy (non-hydrogen) atoms. The first-order valence-electron chi connectivity index (χ1n) is 11.5. The molecule has 0 spiro atoms. The van der Waals surface area contributed by atoms with Crippen molar-refractivity contribution in [3.05, 3.63) is 78.6 Å². The number of rotatable bonds is 4. The van der Waals surface area contributed by atoms with Crippen molar-refractivity contribution in [1.82, 2.24) is 20.1 Å². The van der Waals surface area contributed by atoms with Gasteiger partial charge in [0.2, 0.25) is 5.88 Å². The van der Waals surface area contributed by atoms with Gasteiger partial charge in [0.15, 0.2) is 6.10 Å². The number of carbonyl (C=O) groups is 2. The Hall–Kier alpha value is -4.55. The number of nitrogens with one attached hydrogen (secondary N) is 1. The molecule has 8 nitrogen and oxygen atoms in total. The van der Waals surface area contributed by atoms with Crippen LogP contribution in [0, 0.1) is 0 Å². The summed E-state index contributed by atoms with van der Waals surface area (Å²) in [5.41, 5.74) is 2.54. The molecule has 1 atom stereocenters. The van der Waals surface area contributed by atoms with Gasteiger partial charge in [-0.1, -0.05) is 36.4 Å². The van der Waals surface area contributed by atoms with Crippen LogP contribution in [0.5, 0.6) is 5.88 Å². The second-order valence-electron chi connectivity index (χ2n) is 8.55. The number of aliphatic carboxylic acids is 1. The van der Waals surface area contributed by atoms with Gasteiger partial charge < -0.3 is 14.7 Å². The van der Waals surface area contributed by atoms with Gasteiger partial charge in [-0.05, 0) is 23.8 Å². The first-order valence-corrected chi connectivity index (χ1v) is 11.5. The Kier molecular flexibility index (Phi) is 7.79. The fourth-order valence-corrected chi connectivity index (χ4v) is 3.93. The number of carbonyl (C=O) groups excluding carboxylic acids is 1. The number of piperidine rings is 1. The number of aromatic nitrogens is 3. The number of pyridine rings is 1. The molecule has 0 radical (unpaired) electrons. The maximum absolute atomic E-state index is 14.7. The van der Waals surface area contributed by atoms with Crippen molar-refractivity contribution in [3.8, 4) is 17.0 Å². The predicted molar refractivity (Wildman–Crippen MR) is 129 cm³/mol. The Morgan fingerprint density at radius 2 is 1.74 bits per heavy atom. The number of likely N-dealkylation sites (tertiary alicyclic amines) is 1. The molecule has 0 saturated carbocycles. The minimum atomic E-state index is -5.08. The van der Waals surface area contributed by atoms with Crippen molar-refractivity contribution in [1.29, 1.82) is 0 Å². The molecule has 4 aromatic rings. The van der Waals surface area contributed by atoms with E-state index in [0.717, 1.165) is 10.9 Å². The van der Waals surface area contributed by atoms with E-state index in [4.69, 9.17) is 14.6 Å². The fourth-order valence-electron chi connectivity index (χ4n) is 3.93. The SMILES string of the molecule is O=C(O)C(F)(F)F.O=C(c1ccccc1-c1cn[nH]c1)N1CCC(F)(F)C(Oc2ccc3ccccc3n2)C1. The number of benzene rings is 2. The zero-order chi connectivity index (χ0) is 28.2. The Morgan fingerprint density at radius 3 is 2.44 bits per heavy atom. The number of halogens is 5. The molecule has 13 heteroatoms. The van der Waals surface area contributed by atoms with E-state index in [9.17, 15) is 26.7 Å². The molecule has 204 valence electrons. The minimum Gasteiger partial charge on any atom is -0.475 e. The van der Waals surface area contributed by atoms with Gasteiger partial charge in [0, 0.05) is 41.7 Å². The number of carboxylic acid groups (broad SMARTS) is 1. The smallest absolute Gasteiger partial charge is 0.475 e. The van der Waals surface area contributed by atoms with Gasteiger partial charge in [0.1, 0.15) is 0 Å². The van der Waals surface area contributed by atoms with Gasteiger partial charge in [-0.3, -0.25) is 9.89 Å². The Balaban J connectivity index is 0.000000448. The molecule has 1 aliphatic rings. The van der Waals surface area contributed by atoms with Crippen molar-refractivity contribution >= 4 is 22.8 Å². The largest absolute Gasteiger partial charge is 0.490 e. The van der Waals surface area contributed by atoms with Crippen LogP contribution in [0.25, 0.3) is 22.0 Å². The number of amides is 1. The third kappa shape index (κ3) is 6.48. The maximum Gasteiger partial charge on any atom is 0.490 e. The second-order valence-corrected chi connectivity index (χ2v) is 8.55. The number of hydrogen-bond acceptors (Lipinski definition) is 5. The summed E-state index contributed by atoms with van der Waals surface area (Å²) in [5, 5.41) is 14.7. The lowest BCUT2D eigenvalue weighted by molar-refractivity contribution is -0.192. The number of para-hydroxylation sites is 1. The third-order valence-electron chi connectivity index (χ3n) is 5.90. The summed E-state index contributed by atoms with van der Waals surface area (Å²) in [4.78, 5) is 27.9. The lowest BCUT2D eigenvalue weighted by atomic mass is 9.98. The van der Waals surface area contributed by atoms with Crippen molar-refractivity contribution in [2.45, 2.75) is 24.6 Å². The van der Waals surface area contributed by atoms with Crippen molar-refractivity contribution < 1.29 is 41.4 Å². The summed E-state index contributed by atoms with van der Waals surface area (Å²) in [6.45, 7) is -0.295. The highest BCUT2D eigenvalue weighted by Gasteiger charge is 2.47. The number of ether oxygens (including phenoxy) is 1. The Labute approximate surface area is 218 Å². The molecule has 1 saturated heterocycles. The number of carboxylic acids is 1. The molecule has 0 aliphatic carbocycles. The first-order chi connectivity index (χ1) is 18.5. The quantitative estimate of drug-likeness (QED) is 0.340. The van der Waals surface area contributed by atoms with Gasteiger partial charge >= 0.3 is 12.1 Å². The first kappa shape index (κ1) is 27.5. The molecule has 2 N–H and O–H groups in total. The van der Waals surface area contributed by atoms with Crippen LogP contribution in [-0.4, -0.2) is 68.4 Å². The minimum absolute atomic E-state index is 0.0590. The fraction of sp³-hybridized carbons (Fsp3) is 0.231. The van der Waals surface area contributed by atoms with Gasteiger partial charge in [0.25, 0.3) is 11.8 Å². The number of H-pyrrole nitrogens is 1. The van der Waals surface area contributed by atoms with E-state index >= 15 is 0 Å². The van der Waals surface area contributed by atoms with Crippen molar-refractivity contribution in [3.63, 3.8) is 0 Å². The molecule has 0 bridgehead atoms. The molecule has 2 aromatic carbocycles. The number of nitrogens with zero attached hydrogens (tertiary/aromatic N) is 3. The topological polar surface area (TPSA) is 108 Å². The Bertz CT molecular complexity index is 1460. The molecular weight excluding hydrogens is 527 g/mol. The molecule has 1 amide bonds. The molecule has 2 aromatic heterocycles. The average molecular weight is 548 g/mol. The molecule has 3 heterocycles. The van der Waals surface area contributed by atoms with Gasteiger partial charge in [-0.25, -0.2) is 18.6 Å². The van der Waals surface area contributed by atoms with Crippen LogP contribution in [0.2, 0.25) is 0 Å². The summed E-state index contributed by atoms with van der Waals surface area (Å²) >= 11 is 0. The summed E-state index contributed by atoms with van der Waals surface area (Å²) in [7, 11) is 0. The number of fused-ring (bicyclic) bond motifs is 1. The number of alkyl halides is 5. The van der Waals surface area contributed by atoms with E-state index in [1.54, 1.807) is 42.7 Å². The van der Waals surface area contributed by atoms with Crippen LogP contribution >= 0.6 is 0 Å². The summed E-state index contributed by atoms with van der Waals surface area (Å²) in [6, 6.07) is 17.8. The number of hydrogen-bond donors (Lipinski definition) is 2. The van der Waals surface area contributed by atoms with E-state index in [1.807, 2.05) is 30.3 Å². The molecular formula is C26H21F5N4O4. The van der Waals surface area contributed by atoms with Crippen molar-refractivity contribution in [2.75, 3.05) is 13.1 Å². The van der Waals surface area contributed by atoms with E-state index in [-0.39, 0.29) is 24.9 Å². The van der Waals surface area contributed by atoms with Crippen LogP contribution in [0.4, 0.5) is 22.0 Å². The van der Waals surface area contributed by atoms with Crippen molar-refractivity contribution in [2.24, 2.45) is 0 Å². The van der Waals surface area contributed by atoms with Crippen LogP contribution in [-0.2, 0) is 4.79 Å². The monoisotopic (exact) mass is 548 g/mol. The standard InChI is InChI=1S/C24H20F2N4O2.C2HF3O2/c25-24(26)11-12-30(23(31)19-7-3-2-6-18(19)17-13-27-28-14-17)15-21(24)32-22-10-9-16-5-1-4-8-20(16)29-22;3-2(4,5)1(6)7/h1-10,13-14,21H,11-12,15H2,(H,27,28);(H,6,7). The van der Waals surface area contributed by atoms with E-state index < -0.39 is 30.6 Å². The van der Waals surface area contributed by atoms with Crippen LogP contribution < -0.4 is 4.74 Å². The average Bonchev–Trinajstić information content (AvgIpc) is 3.44. The predicted octanol–water partition coefficient (Wildman–Crippen LogP) is 5.19. The molecule has 1 fully saturated rings. The normalized spacial score (nSPS) is 16.7. The number of aromatic amines is 1. The lowest BCUT2D eigenvalue weighted by Crippen LogP contribution is -2.55. The second kappa shape index (κ2) is 11.1. The van der Waals surface area contributed by atoms with Gasteiger partial charge in [-0.15, -0.1) is 0 Å². The zero-order valence-electron chi connectivity index (χ0n) is 20.0. The highest BCUT2D eigenvalue weighted by Crippen LogP contribution is 2.33. The molecule has 1 unspecified atom stereocenters. The van der Waals surface area contributed by atoms with Crippen LogP contribution in [0.1, 0.15) is 16.8 Å². The molecule has 5 rings (SSSR count). The van der Waals surface area contributed by atoms with E-state index in [1.165, 1.54) is 4.90 Å². The summed E-state index contributed by atoms with van der Waals surface area (Å²) < 4.78 is 66.8. The van der Waals surface area contributed by atoms with Gasteiger partial charge in [0.05, 0.1) is 18.3 Å².